The van der Waals surface area contributed by atoms with Gasteiger partial charge in [0.15, 0.2) is 0 Å². The van der Waals surface area contributed by atoms with Gasteiger partial charge in [-0.1, -0.05) is 29.8 Å². The van der Waals surface area contributed by atoms with Crippen LogP contribution in [0.15, 0.2) is 18.2 Å². The number of nitrogens with zero attached hydrogens (tertiary/aromatic N) is 1. The predicted octanol–water partition coefficient (Wildman–Crippen LogP) is 3.30. The Labute approximate surface area is 108 Å². The molecule has 94 valence electrons. The van der Waals surface area contributed by atoms with E-state index in [0.29, 0.717) is 16.5 Å². The quantitative estimate of drug-likeness (QED) is 0.372. The molecule has 6 heteroatoms. The van der Waals surface area contributed by atoms with Crippen molar-refractivity contribution in [3.63, 3.8) is 0 Å². The number of nitro groups is 1. The summed E-state index contributed by atoms with van der Waals surface area (Å²) in [5, 5.41) is 10.9. The van der Waals surface area contributed by atoms with Crippen molar-refractivity contribution in [3.8, 4) is 0 Å². The molecule has 17 heavy (non-hydrogen) atoms. The van der Waals surface area contributed by atoms with Crippen molar-refractivity contribution in [2.24, 2.45) is 0 Å². The van der Waals surface area contributed by atoms with Crippen LogP contribution in [0.1, 0.15) is 29.8 Å². The van der Waals surface area contributed by atoms with Crippen LogP contribution in [0.25, 0.3) is 0 Å². The lowest BCUT2D eigenvalue weighted by molar-refractivity contribution is -0.384. The van der Waals surface area contributed by atoms with Crippen LogP contribution >= 0.6 is 15.9 Å². The largest absolute Gasteiger partial charge is 0.465 e. The molecular weight excluding hydrogens is 290 g/mol. The lowest BCUT2D eigenvalue weighted by Gasteiger charge is -2.04. The van der Waals surface area contributed by atoms with Gasteiger partial charge >= 0.3 is 5.97 Å². The third kappa shape index (κ3) is 4.14. The van der Waals surface area contributed by atoms with Crippen LogP contribution in [0.2, 0.25) is 0 Å². The first-order chi connectivity index (χ1) is 8.10. The zero-order valence-electron chi connectivity index (χ0n) is 9.90. The van der Waals surface area contributed by atoms with E-state index >= 15 is 0 Å². The van der Waals surface area contributed by atoms with Crippen LogP contribution in [-0.2, 0) is 10.1 Å². The highest BCUT2D eigenvalue weighted by atomic mass is 79.9. The second kappa shape index (κ2) is 7.78. The molecule has 0 saturated carbocycles. The fourth-order valence-electron chi connectivity index (χ4n) is 1.11. The van der Waals surface area contributed by atoms with E-state index in [9.17, 15) is 14.9 Å². The molecule has 0 radical (unpaired) electrons. The summed E-state index contributed by atoms with van der Waals surface area (Å²) >= 11 is 3.16. The minimum Gasteiger partial charge on any atom is -0.465 e. The zero-order chi connectivity index (χ0) is 13.4. The summed E-state index contributed by atoms with van der Waals surface area (Å²) in [5.74, 6) is -0.501. The number of non-ortho nitro benzene ring substituents is 1. The van der Waals surface area contributed by atoms with E-state index < -0.39 is 10.9 Å². The first-order valence-electron chi connectivity index (χ1n) is 5.01. The number of carbonyl (C=O) groups excluding carboxylic acids is 1. The van der Waals surface area contributed by atoms with Crippen LogP contribution in [0.4, 0.5) is 5.69 Å². The van der Waals surface area contributed by atoms with Gasteiger partial charge in [-0.25, -0.2) is 4.79 Å². The number of ether oxygens (including phenoxy) is 1. The average Bonchev–Trinajstić information content (AvgIpc) is 2.39. The van der Waals surface area contributed by atoms with E-state index in [0.717, 1.165) is 0 Å². The van der Waals surface area contributed by atoms with Gasteiger partial charge < -0.3 is 4.74 Å². The van der Waals surface area contributed by atoms with E-state index in [1.165, 1.54) is 25.3 Å². The Hall–Kier alpha value is -1.43. The molecule has 0 aromatic heterocycles. The topological polar surface area (TPSA) is 69.4 Å². The minimum absolute atomic E-state index is 0.0443. The van der Waals surface area contributed by atoms with Crippen molar-refractivity contribution >= 4 is 27.6 Å². The molecule has 0 spiro atoms. The van der Waals surface area contributed by atoms with Gasteiger partial charge in [0.2, 0.25) is 0 Å². The van der Waals surface area contributed by atoms with Gasteiger partial charge in [0.05, 0.1) is 17.6 Å². The molecule has 0 bridgehead atoms. The molecule has 0 heterocycles. The van der Waals surface area contributed by atoms with E-state index in [1.54, 1.807) is 0 Å². The molecule has 0 aliphatic heterocycles. The first kappa shape index (κ1) is 15.6. The van der Waals surface area contributed by atoms with Gasteiger partial charge in [-0.3, -0.25) is 10.1 Å². The maximum Gasteiger partial charge on any atom is 0.338 e. The number of hydrogen-bond donors (Lipinski definition) is 0. The van der Waals surface area contributed by atoms with Crippen LogP contribution < -0.4 is 0 Å². The van der Waals surface area contributed by atoms with Crippen molar-refractivity contribution in [1.29, 1.82) is 0 Å². The van der Waals surface area contributed by atoms with Gasteiger partial charge in [0.1, 0.15) is 0 Å². The molecular formula is C11H14BrNO4. The third-order valence-electron chi connectivity index (χ3n) is 1.85. The summed E-state index contributed by atoms with van der Waals surface area (Å²) in [6.07, 6.45) is 0. The van der Waals surface area contributed by atoms with Crippen LogP contribution in [-0.4, -0.2) is 18.0 Å². The highest BCUT2D eigenvalue weighted by Crippen LogP contribution is 2.20. The molecule has 1 aromatic carbocycles. The Balaban J connectivity index is 0.00000121. The maximum atomic E-state index is 11.3. The normalized spacial score (nSPS) is 8.94. The molecule has 0 saturated heterocycles. The van der Waals surface area contributed by atoms with Crippen molar-refractivity contribution in [1.82, 2.24) is 0 Å². The van der Waals surface area contributed by atoms with Crippen molar-refractivity contribution in [3.05, 3.63) is 39.4 Å². The van der Waals surface area contributed by atoms with Gasteiger partial charge in [-0.15, -0.1) is 0 Å². The number of nitro benzene ring substituents is 1. The number of rotatable bonds is 3. The van der Waals surface area contributed by atoms with Gasteiger partial charge in [-0.2, -0.15) is 0 Å². The first-order valence-corrected chi connectivity index (χ1v) is 6.14. The molecule has 0 unspecified atom stereocenters. The summed E-state index contributed by atoms with van der Waals surface area (Å²) in [7, 11) is 1.27. The monoisotopic (exact) mass is 303 g/mol. The molecule has 0 amide bonds. The fraction of sp³-hybridized carbons (Fsp3) is 0.364. The minimum atomic E-state index is -0.507. The fourth-order valence-corrected chi connectivity index (χ4v) is 1.58. The van der Waals surface area contributed by atoms with Crippen LogP contribution in [0, 0.1) is 10.1 Å². The summed E-state index contributed by atoms with van der Waals surface area (Å²) in [6, 6.07) is 4.01. The number of carbonyl (C=O) groups is 1. The maximum absolute atomic E-state index is 11.3. The third-order valence-corrected chi connectivity index (χ3v) is 2.45. The molecule has 0 N–H and O–H groups in total. The van der Waals surface area contributed by atoms with Crippen LogP contribution in [0.3, 0.4) is 0 Å². The molecule has 0 aliphatic rings. The van der Waals surface area contributed by atoms with Crippen molar-refractivity contribution < 1.29 is 14.5 Å². The lowest BCUT2D eigenvalue weighted by atomic mass is 10.1. The van der Waals surface area contributed by atoms with Crippen molar-refractivity contribution in [2.45, 2.75) is 19.2 Å². The summed E-state index contributed by atoms with van der Waals surface area (Å²) in [6.45, 7) is 4.00. The molecule has 0 fully saturated rings. The van der Waals surface area contributed by atoms with E-state index in [1.807, 2.05) is 13.8 Å². The number of halogens is 1. The summed E-state index contributed by atoms with van der Waals surface area (Å²) in [5.41, 5.74) is 0.827. The second-order valence-corrected chi connectivity index (χ2v) is 3.28. The zero-order valence-corrected chi connectivity index (χ0v) is 11.5. The second-order valence-electron chi connectivity index (χ2n) is 2.72. The smallest absolute Gasteiger partial charge is 0.338 e. The predicted molar refractivity (Wildman–Crippen MR) is 68.4 cm³/mol. The van der Waals surface area contributed by atoms with Crippen molar-refractivity contribution in [2.75, 3.05) is 7.11 Å². The standard InChI is InChI=1S/C9H8BrNO4.C2H6/c1-15-9(12)8-3-2-7(11(13)14)4-6(8)5-10;1-2/h2-4H,5H2,1H3;1-2H3. The Morgan fingerprint density at radius 1 is 1.47 bits per heavy atom. The number of alkyl halides is 1. The Morgan fingerprint density at radius 3 is 2.47 bits per heavy atom. The Kier molecular flexibility index (Phi) is 7.13. The lowest BCUT2D eigenvalue weighted by Crippen LogP contribution is -2.05. The number of hydrogen-bond acceptors (Lipinski definition) is 4. The number of methoxy groups -OCH3 is 1. The molecule has 5 nitrogen and oxygen atoms in total. The van der Waals surface area contributed by atoms with Gasteiger partial charge in [-0.05, 0) is 11.6 Å². The number of esters is 1. The van der Waals surface area contributed by atoms with E-state index in [4.69, 9.17) is 0 Å². The molecule has 0 atom stereocenters. The molecule has 1 rings (SSSR count). The average molecular weight is 304 g/mol. The molecule has 0 aliphatic carbocycles. The Morgan fingerprint density at radius 2 is 2.06 bits per heavy atom. The highest BCUT2D eigenvalue weighted by Gasteiger charge is 2.15. The number of benzene rings is 1. The van der Waals surface area contributed by atoms with Gasteiger partial charge in [0, 0.05) is 17.5 Å². The Bertz CT molecular complexity index is 406. The van der Waals surface area contributed by atoms with E-state index in [2.05, 4.69) is 20.7 Å². The summed E-state index contributed by atoms with van der Waals surface area (Å²) < 4.78 is 4.55. The summed E-state index contributed by atoms with van der Waals surface area (Å²) in [4.78, 5) is 21.2. The SMILES string of the molecule is CC.COC(=O)c1ccc([N+](=O)[O-])cc1CBr. The van der Waals surface area contributed by atoms with Gasteiger partial charge in [0.25, 0.3) is 5.69 Å². The highest BCUT2D eigenvalue weighted by molar-refractivity contribution is 9.08. The van der Waals surface area contributed by atoms with Crippen LogP contribution in [0.5, 0.6) is 0 Å². The van der Waals surface area contributed by atoms with E-state index in [-0.39, 0.29) is 5.69 Å². The molecule has 1 aromatic rings.